The van der Waals surface area contributed by atoms with E-state index in [0.29, 0.717) is 11.6 Å². The summed E-state index contributed by atoms with van der Waals surface area (Å²) in [7, 11) is 1.74. The standard InChI is InChI=1S/C13H16N4O2/c1-8-10-5-6-17(7-11(18)14-9-3-4-9)13(19)12(10)16(2)15-8/h5-6,9H,3-4,7H2,1-2H3,(H,14,18). The number of aromatic nitrogens is 3. The second kappa shape index (κ2) is 4.22. The fourth-order valence-electron chi connectivity index (χ4n) is 2.28. The summed E-state index contributed by atoms with van der Waals surface area (Å²) >= 11 is 0. The topological polar surface area (TPSA) is 68.9 Å². The van der Waals surface area contributed by atoms with Crippen molar-refractivity contribution in [2.45, 2.75) is 32.4 Å². The molecular weight excluding hydrogens is 244 g/mol. The van der Waals surface area contributed by atoms with Gasteiger partial charge in [-0.15, -0.1) is 0 Å². The van der Waals surface area contributed by atoms with Crippen molar-refractivity contribution in [3.63, 3.8) is 0 Å². The minimum absolute atomic E-state index is 0.0650. The summed E-state index contributed by atoms with van der Waals surface area (Å²) in [6.45, 7) is 1.93. The lowest BCUT2D eigenvalue weighted by molar-refractivity contribution is -0.121. The molecule has 2 aromatic heterocycles. The Morgan fingerprint density at radius 1 is 1.53 bits per heavy atom. The molecule has 100 valence electrons. The van der Waals surface area contributed by atoms with Gasteiger partial charge in [0.05, 0.1) is 5.69 Å². The zero-order valence-electron chi connectivity index (χ0n) is 11.0. The highest BCUT2D eigenvalue weighted by molar-refractivity contribution is 5.81. The van der Waals surface area contributed by atoms with Crippen molar-refractivity contribution in [1.29, 1.82) is 0 Å². The molecule has 0 spiro atoms. The van der Waals surface area contributed by atoms with E-state index in [2.05, 4.69) is 10.4 Å². The predicted octanol–water partition coefficient (Wildman–Crippen LogP) is 0.322. The first kappa shape index (κ1) is 12.0. The van der Waals surface area contributed by atoms with Crippen LogP contribution in [0.1, 0.15) is 18.5 Å². The molecule has 0 unspecified atom stereocenters. The average molecular weight is 260 g/mol. The second-order valence-corrected chi connectivity index (χ2v) is 5.06. The Hall–Kier alpha value is -2.11. The first-order valence-corrected chi connectivity index (χ1v) is 6.38. The van der Waals surface area contributed by atoms with Crippen LogP contribution in [0, 0.1) is 6.92 Å². The lowest BCUT2D eigenvalue weighted by Crippen LogP contribution is -2.33. The van der Waals surface area contributed by atoms with Gasteiger partial charge in [0.1, 0.15) is 12.1 Å². The van der Waals surface area contributed by atoms with Gasteiger partial charge in [0.15, 0.2) is 0 Å². The highest BCUT2D eigenvalue weighted by Crippen LogP contribution is 2.18. The van der Waals surface area contributed by atoms with Crippen molar-refractivity contribution in [2.24, 2.45) is 7.05 Å². The summed E-state index contributed by atoms with van der Waals surface area (Å²) < 4.78 is 3.00. The largest absolute Gasteiger partial charge is 0.352 e. The third-order valence-electron chi connectivity index (χ3n) is 3.41. The summed E-state index contributed by atoms with van der Waals surface area (Å²) in [6, 6.07) is 2.15. The average Bonchev–Trinajstić information content (AvgIpc) is 3.09. The predicted molar refractivity (Wildman–Crippen MR) is 70.9 cm³/mol. The molecule has 1 saturated carbocycles. The maximum atomic E-state index is 12.3. The maximum Gasteiger partial charge on any atom is 0.277 e. The highest BCUT2D eigenvalue weighted by Gasteiger charge is 2.23. The van der Waals surface area contributed by atoms with E-state index < -0.39 is 0 Å². The molecule has 0 aliphatic heterocycles. The Morgan fingerprint density at radius 2 is 2.26 bits per heavy atom. The molecular formula is C13H16N4O2. The minimum atomic E-state index is -0.174. The van der Waals surface area contributed by atoms with Gasteiger partial charge < -0.3 is 9.88 Å². The quantitative estimate of drug-likeness (QED) is 0.864. The first-order chi connectivity index (χ1) is 9.06. The summed E-state index contributed by atoms with van der Waals surface area (Å²) in [4.78, 5) is 24.1. The molecule has 1 aliphatic carbocycles. The van der Waals surface area contributed by atoms with Gasteiger partial charge in [-0.05, 0) is 25.8 Å². The Bertz CT molecular complexity index is 709. The van der Waals surface area contributed by atoms with Crippen molar-refractivity contribution in [3.8, 4) is 0 Å². The van der Waals surface area contributed by atoms with Gasteiger partial charge in [-0.3, -0.25) is 14.3 Å². The van der Waals surface area contributed by atoms with Gasteiger partial charge in [0, 0.05) is 24.7 Å². The van der Waals surface area contributed by atoms with E-state index in [-0.39, 0.29) is 18.0 Å². The number of hydrogen-bond donors (Lipinski definition) is 1. The number of amides is 1. The molecule has 0 radical (unpaired) electrons. The summed E-state index contributed by atoms with van der Waals surface area (Å²) in [6.07, 6.45) is 3.74. The third-order valence-corrected chi connectivity index (χ3v) is 3.41. The molecule has 1 amide bonds. The van der Waals surface area contributed by atoms with Crippen LogP contribution in [0.4, 0.5) is 0 Å². The smallest absolute Gasteiger partial charge is 0.277 e. The number of pyridine rings is 1. The van der Waals surface area contributed by atoms with Crippen molar-refractivity contribution in [3.05, 3.63) is 28.3 Å². The fourth-order valence-corrected chi connectivity index (χ4v) is 2.28. The lowest BCUT2D eigenvalue weighted by Gasteiger charge is -2.06. The molecule has 2 heterocycles. The first-order valence-electron chi connectivity index (χ1n) is 6.38. The van der Waals surface area contributed by atoms with Crippen LogP contribution in [0.3, 0.4) is 0 Å². The van der Waals surface area contributed by atoms with Crippen molar-refractivity contribution in [2.75, 3.05) is 0 Å². The molecule has 19 heavy (non-hydrogen) atoms. The van der Waals surface area contributed by atoms with E-state index >= 15 is 0 Å². The molecule has 1 N–H and O–H groups in total. The zero-order valence-corrected chi connectivity index (χ0v) is 11.0. The Morgan fingerprint density at radius 3 is 2.95 bits per heavy atom. The Balaban J connectivity index is 1.95. The molecule has 1 aliphatic rings. The van der Waals surface area contributed by atoms with E-state index in [9.17, 15) is 9.59 Å². The van der Waals surface area contributed by atoms with Gasteiger partial charge in [0.2, 0.25) is 5.91 Å². The number of hydrogen-bond acceptors (Lipinski definition) is 3. The monoisotopic (exact) mass is 260 g/mol. The van der Waals surface area contributed by atoms with Crippen LogP contribution >= 0.6 is 0 Å². The number of nitrogens with zero attached hydrogens (tertiary/aromatic N) is 3. The number of carbonyl (C=O) groups is 1. The molecule has 1 fully saturated rings. The lowest BCUT2D eigenvalue weighted by atomic mass is 10.2. The van der Waals surface area contributed by atoms with E-state index in [4.69, 9.17) is 0 Å². The Labute approximate surface area is 110 Å². The van der Waals surface area contributed by atoms with Gasteiger partial charge in [0.25, 0.3) is 5.56 Å². The summed E-state index contributed by atoms with van der Waals surface area (Å²) in [5.41, 5.74) is 1.19. The van der Waals surface area contributed by atoms with Gasteiger partial charge in [-0.2, -0.15) is 5.10 Å². The molecule has 3 rings (SSSR count). The summed E-state index contributed by atoms with van der Waals surface area (Å²) in [5, 5.41) is 7.95. The number of carbonyl (C=O) groups excluding carboxylic acids is 1. The highest BCUT2D eigenvalue weighted by atomic mass is 16.2. The van der Waals surface area contributed by atoms with Gasteiger partial charge in [-0.25, -0.2) is 0 Å². The van der Waals surface area contributed by atoms with Crippen LogP contribution in [0.15, 0.2) is 17.1 Å². The van der Waals surface area contributed by atoms with Crippen LogP contribution in [-0.2, 0) is 18.4 Å². The van der Waals surface area contributed by atoms with E-state index in [0.717, 1.165) is 23.9 Å². The number of nitrogens with one attached hydrogen (secondary N) is 1. The molecule has 0 aromatic carbocycles. The molecule has 0 bridgehead atoms. The zero-order chi connectivity index (χ0) is 13.6. The molecule has 6 heteroatoms. The normalized spacial score (nSPS) is 14.8. The molecule has 2 aromatic rings. The molecule has 6 nitrogen and oxygen atoms in total. The van der Waals surface area contributed by atoms with E-state index in [1.165, 1.54) is 4.57 Å². The molecule has 0 saturated heterocycles. The van der Waals surface area contributed by atoms with Crippen LogP contribution in [0.2, 0.25) is 0 Å². The van der Waals surface area contributed by atoms with Crippen LogP contribution in [-0.4, -0.2) is 26.3 Å². The van der Waals surface area contributed by atoms with Crippen molar-refractivity contribution >= 4 is 16.8 Å². The number of rotatable bonds is 3. The van der Waals surface area contributed by atoms with Crippen LogP contribution in [0.5, 0.6) is 0 Å². The SMILES string of the molecule is Cc1nn(C)c2c(=O)n(CC(=O)NC3CC3)ccc12. The maximum absolute atomic E-state index is 12.3. The minimum Gasteiger partial charge on any atom is -0.352 e. The van der Waals surface area contributed by atoms with Gasteiger partial charge >= 0.3 is 0 Å². The van der Waals surface area contributed by atoms with Crippen LogP contribution in [0.25, 0.3) is 10.9 Å². The molecule has 0 atom stereocenters. The third kappa shape index (κ3) is 2.14. The van der Waals surface area contributed by atoms with Crippen LogP contribution < -0.4 is 10.9 Å². The number of fused-ring (bicyclic) bond motifs is 1. The second-order valence-electron chi connectivity index (χ2n) is 5.06. The fraction of sp³-hybridized carbons (Fsp3) is 0.462. The van der Waals surface area contributed by atoms with E-state index in [1.807, 2.05) is 13.0 Å². The summed E-state index contributed by atoms with van der Waals surface area (Å²) in [5.74, 6) is -0.108. The van der Waals surface area contributed by atoms with E-state index in [1.54, 1.807) is 17.9 Å². The van der Waals surface area contributed by atoms with Crippen molar-refractivity contribution in [1.82, 2.24) is 19.7 Å². The van der Waals surface area contributed by atoms with Crippen molar-refractivity contribution < 1.29 is 4.79 Å². The number of aryl methyl sites for hydroxylation is 2. The van der Waals surface area contributed by atoms with Gasteiger partial charge in [-0.1, -0.05) is 0 Å². The Kier molecular flexibility index (Phi) is 2.66.